The number of hydrogen-bond acceptors (Lipinski definition) is 1. The molecule has 5 rings (SSSR count). The van der Waals surface area contributed by atoms with E-state index in [1.807, 2.05) is 30.3 Å². The third-order valence-corrected chi connectivity index (χ3v) is 5.92. The molecule has 0 saturated heterocycles. The van der Waals surface area contributed by atoms with E-state index in [1.54, 1.807) is 0 Å². The molecule has 0 fully saturated rings. The van der Waals surface area contributed by atoms with Gasteiger partial charge in [0.1, 0.15) is 5.82 Å². The zero-order valence-electron chi connectivity index (χ0n) is 16.6. The lowest BCUT2D eigenvalue weighted by atomic mass is 9.82. The van der Waals surface area contributed by atoms with Gasteiger partial charge in [0.25, 0.3) is 0 Å². The predicted molar refractivity (Wildman–Crippen MR) is 119 cm³/mol. The Balaban J connectivity index is 1.69. The van der Waals surface area contributed by atoms with Crippen LogP contribution in [0.25, 0.3) is 11.1 Å². The number of rotatable bonds is 3. The number of nitrogens with zero attached hydrogens (tertiary/aromatic N) is 1. The highest BCUT2D eigenvalue weighted by Gasteiger charge is 2.35. The average molecular weight is 379 g/mol. The van der Waals surface area contributed by atoms with Gasteiger partial charge in [0, 0.05) is 22.5 Å². The molecule has 0 saturated carbocycles. The zero-order chi connectivity index (χ0) is 20.0. The fourth-order valence-corrected chi connectivity index (χ4v) is 4.45. The van der Waals surface area contributed by atoms with Crippen LogP contribution in [-0.2, 0) is 5.41 Å². The maximum absolute atomic E-state index is 13.6. The van der Waals surface area contributed by atoms with Crippen LogP contribution < -0.4 is 4.90 Å². The molecule has 1 aliphatic carbocycles. The van der Waals surface area contributed by atoms with Gasteiger partial charge in [0.15, 0.2) is 0 Å². The molecular weight excluding hydrogens is 357 g/mol. The summed E-state index contributed by atoms with van der Waals surface area (Å²) >= 11 is 0. The monoisotopic (exact) mass is 379 g/mol. The molecule has 0 heterocycles. The Bertz CT molecular complexity index is 1180. The molecule has 0 unspecified atom stereocenters. The van der Waals surface area contributed by atoms with Crippen molar-refractivity contribution in [2.75, 3.05) is 4.90 Å². The number of para-hydroxylation sites is 1. The van der Waals surface area contributed by atoms with Gasteiger partial charge in [-0.15, -0.1) is 0 Å². The van der Waals surface area contributed by atoms with Gasteiger partial charge in [-0.3, -0.25) is 0 Å². The van der Waals surface area contributed by atoms with Gasteiger partial charge in [-0.1, -0.05) is 62.4 Å². The second-order valence-electron chi connectivity index (χ2n) is 8.05. The summed E-state index contributed by atoms with van der Waals surface area (Å²) in [6.07, 6.45) is 0. The van der Waals surface area contributed by atoms with Gasteiger partial charge in [-0.05, 0) is 70.8 Å². The lowest BCUT2D eigenvalue weighted by Gasteiger charge is -2.28. The first-order valence-electron chi connectivity index (χ1n) is 9.91. The summed E-state index contributed by atoms with van der Waals surface area (Å²) in [5, 5.41) is 0. The minimum atomic E-state index is -0.229. The lowest BCUT2D eigenvalue weighted by molar-refractivity contribution is 0.628. The molecule has 29 heavy (non-hydrogen) atoms. The fraction of sp³-hybridized carbons (Fsp3) is 0.111. The third-order valence-electron chi connectivity index (χ3n) is 5.92. The Labute approximate surface area is 171 Å². The molecule has 0 aliphatic heterocycles. The fourth-order valence-electron chi connectivity index (χ4n) is 4.45. The van der Waals surface area contributed by atoms with E-state index in [2.05, 4.69) is 73.3 Å². The molecular formula is C27H22FN. The van der Waals surface area contributed by atoms with Gasteiger partial charge in [0.05, 0.1) is 0 Å². The molecule has 0 aromatic heterocycles. The summed E-state index contributed by atoms with van der Waals surface area (Å²) < 4.78 is 13.6. The number of benzene rings is 4. The Morgan fingerprint density at radius 2 is 1.17 bits per heavy atom. The number of halogens is 1. The summed E-state index contributed by atoms with van der Waals surface area (Å²) in [7, 11) is 0. The maximum Gasteiger partial charge on any atom is 0.123 e. The summed E-state index contributed by atoms with van der Waals surface area (Å²) in [5.41, 5.74) is 8.28. The van der Waals surface area contributed by atoms with Crippen LogP contribution in [0.1, 0.15) is 25.0 Å². The molecule has 0 amide bonds. The standard InChI is InChI=1S/C27H22FN/c1-27(2)25-11-7-6-10-23(25)24-17-16-22(18-26(24)27)29(20-8-4-3-5-9-20)21-14-12-19(28)13-15-21/h3-18H,1-2H3. The van der Waals surface area contributed by atoms with Crippen LogP contribution in [0.4, 0.5) is 21.5 Å². The van der Waals surface area contributed by atoms with Crippen LogP contribution in [-0.4, -0.2) is 0 Å². The van der Waals surface area contributed by atoms with Crippen LogP contribution in [0.15, 0.2) is 97.1 Å². The molecule has 0 radical (unpaired) electrons. The van der Waals surface area contributed by atoms with E-state index in [4.69, 9.17) is 0 Å². The van der Waals surface area contributed by atoms with E-state index in [-0.39, 0.29) is 11.2 Å². The Morgan fingerprint density at radius 1 is 0.586 bits per heavy atom. The van der Waals surface area contributed by atoms with Crippen molar-refractivity contribution in [3.63, 3.8) is 0 Å². The van der Waals surface area contributed by atoms with E-state index >= 15 is 0 Å². The summed E-state index contributed by atoms with van der Waals surface area (Å²) in [6, 6.07) is 32.2. The van der Waals surface area contributed by atoms with Gasteiger partial charge in [-0.2, -0.15) is 0 Å². The maximum atomic E-state index is 13.6. The van der Waals surface area contributed by atoms with E-state index < -0.39 is 0 Å². The first kappa shape index (κ1) is 17.7. The Morgan fingerprint density at radius 3 is 1.93 bits per heavy atom. The van der Waals surface area contributed by atoms with Gasteiger partial charge in [-0.25, -0.2) is 4.39 Å². The molecule has 4 aromatic carbocycles. The molecule has 0 spiro atoms. The topological polar surface area (TPSA) is 3.24 Å². The quantitative estimate of drug-likeness (QED) is 0.354. The smallest absolute Gasteiger partial charge is 0.123 e. The van der Waals surface area contributed by atoms with Crippen molar-refractivity contribution in [2.24, 2.45) is 0 Å². The normalized spacial score (nSPS) is 13.6. The van der Waals surface area contributed by atoms with Gasteiger partial charge >= 0.3 is 0 Å². The number of anilines is 3. The molecule has 0 bridgehead atoms. The average Bonchev–Trinajstić information content (AvgIpc) is 2.98. The summed E-state index contributed by atoms with van der Waals surface area (Å²) in [6.45, 7) is 4.57. The molecule has 0 atom stereocenters. The first-order valence-corrected chi connectivity index (χ1v) is 9.91. The van der Waals surface area contributed by atoms with Crippen molar-refractivity contribution in [2.45, 2.75) is 19.3 Å². The van der Waals surface area contributed by atoms with Crippen LogP contribution in [0, 0.1) is 5.82 Å². The largest absolute Gasteiger partial charge is 0.310 e. The van der Waals surface area contributed by atoms with E-state index in [1.165, 1.54) is 34.4 Å². The molecule has 1 aliphatic rings. The van der Waals surface area contributed by atoms with Crippen molar-refractivity contribution >= 4 is 17.1 Å². The van der Waals surface area contributed by atoms with Crippen molar-refractivity contribution in [1.29, 1.82) is 0 Å². The van der Waals surface area contributed by atoms with Crippen molar-refractivity contribution in [3.05, 3.63) is 114 Å². The zero-order valence-corrected chi connectivity index (χ0v) is 16.6. The van der Waals surface area contributed by atoms with Gasteiger partial charge in [0.2, 0.25) is 0 Å². The number of fused-ring (bicyclic) bond motifs is 3. The molecule has 142 valence electrons. The number of hydrogen-bond donors (Lipinski definition) is 0. The Kier molecular flexibility index (Phi) is 4.02. The third kappa shape index (κ3) is 2.84. The van der Waals surface area contributed by atoms with Crippen LogP contribution in [0.2, 0.25) is 0 Å². The molecule has 1 nitrogen and oxygen atoms in total. The minimum absolute atomic E-state index is 0.0624. The molecule has 0 N–H and O–H groups in total. The summed E-state index contributed by atoms with van der Waals surface area (Å²) in [5.74, 6) is -0.229. The Hall–Kier alpha value is -3.39. The highest BCUT2D eigenvalue weighted by Crippen LogP contribution is 2.50. The summed E-state index contributed by atoms with van der Waals surface area (Å²) in [4.78, 5) is 2.18. The molecule has 2 heteroatoms. The van der Waals surface area contributed by atoms with Crippen LogP contribution in [0.3, 0.4) is 0 Å². The van der Waals surface area contributed by atoms with E-state index in [0.717, 1.165) is 17.1 Å². The first-order chi connectivity index (χ1) is 14.1. The highest BCUT2D eigenvalue weighted by molar-refractivity contribution is 5.85. The van der Waals surface area contributed by atoms with Crippen molar-refractivity contribution < 1.29 is 4.39 Å². The molecule has 4 aromatic rings. The van der Waals surface area contributed by atoms with Crippen molar-refractivity contribution in [1.82, 2.24) is 0 Å². The van der Waals surface area contributed by atoms with E-state index in [0.29, 0.717) is 0 Å². The SMILES string of the molecule is CC1(C)c2ccccc2-c2ccc(N(c3ccccc3)c3ccc(F)cc3)cc21. The van der Waals surface area contributed by atoms with Crippen molar-refractivity contribution in [3.8, 4) is 11.1 Å². The lowest BCUT2D eigenvalue weighted by Crippen LogP contribution is -2.16. The second-order valence-corrected chi connectivity index (χ2v) is 8.05. The predicted octanol–water partition coefficient (Wildman–Crippen LogP) is 7.60. The highest BCUT2D eigenvalue weighted by atomic mass is 19.1. The van der Waals surface area contributed by atoms with Crippen LogP contribution in [0.5, 0.6) is 0 Å². The minimum Gasteiger partial charge on any atom is -0.310 e. The van der Waals surface area contributed by atoms with Crippen LogP contribution >= 0.6 is 0 Å². The van der Waals surface area contributed by atoms with E-state index in [9.17, 15) is 4.39 Å². The second kappa shape index (κ2) is 6.59. The van der Waals surface area contributed by atoms with Gasteiger partial charge < -0.3 is 4.90 Å².